The van der Waals surface area contributed by atoms with Gasteiger partial charge in [0.15, 0.2) is 0 Å². The maximum Gasteiger partial charge on any atom is 0.323 e. The summed E-state index contributed by atoms with van der Waals surface area (Å²) in [6.45, 7) is -0.1000. The molecule has 0 fully saturated rings. The molecular weight excluding hydrogens is 326 g/mol. The second-order valence-electron chi connectivity index (χ2n) is 4.26. The molecule has 0 aliphatic rings. The number of carboxylic acid groups (broad SMARTS) is 1. The van der Waals surface area contributed by atoms with E-state index < -0.39 is 5.97 Å². The fourth-order valence-corrected chi connectivity index (χ4v) is 2.42. The van der Waals surface area contributed by atoms with Gasteiger partial charge in [-0.25, -0.2) is 0 Å². The molecule has 0 aliphatic carbocycles. The third kappa shape index (κ3) is 3.30. The van der Waals surface area contributed by atoms with E-state index in [1.54, 1.807) is 11.9 Å². The lowest BCUT2D eigenvalue weighted by atomic mass is 10.1. The number of thiocarbonyl (C=S) groups is 1. The lowest BCUT2D eigenvalue weighted by Gasteiger charge is -2.18. The monoisotopic (exact) mass is 337 g/mol. The van der Waals surface area contributed by atoms with Crippen LogP contribution in [0.25, 0.3) is 10.8 Å². The summed E-state index contributed by atoms with van der Waals surface area (Å²) < 4.78 is 1.03. The van der Waals surface area contributed by atoms with Crippen LogP contribution in [-0.2, 0) is 4.79 Å². The lowest BCUT2D eigenvalue weighted by molar-refractivity contribution is -0.137. The molecule has 0 amide bonds. The highest BCUT2D eigenvalue weighted by Crippen LogP contribution is 2.21. The van der Waals surface area contributed by atoms with Gasteiger partial charge in [-0.1, -0.05) is 46.3 Å². The summed E-state index contributed by atoms with van der Waals surface area (Å²) in [6, 6.07) is 11.9. The Morgan fingerprint density at radius 2 is 1.89 bits per heavy atom. The SMILES string of the molecule is CN(CC(=O)O)C(=S)c1ccc2cc(Br)ccc2c1. The molecule has 0 unspecified atom stereocenters. The van der Waals surface area contributed by atoms with Crippen molar-refractivity contribution < 1.29 is 9.90 Å². The highest BCUT2D eigenvalue weighted by atomic mass is 79.9. The van der Waals surface area contributed by atoms with E-state index in [1.165, 1.54) is 0 Å². The maximum atomic E-state index is 10.7. The molecule has 3 nitrogen and oxygen atoms in total. The van der Waals surface area contributed by atoms with Crippen molar-refractivity contribution in [3.8, 4) is 0 Å². The number of nitrogens with zero attached hydrogens (tertiary/aromatic N) is 1. The first-order valence-electron chi connectivity index (χ1n) is 5.64. The van der Waals surface area contributed by atoms with Gasteiger partial charge in [0.2, 0.25) is 0 Å². The van der Waals surface area contributed by atoms with E-state index in [1.807, 2.05) is 36.4 Å². The van der Waals surface area contributed by atoms with E-state index in [4.69, 9.17) is 17.3 Å². The first-order valence-corrected chi connectivity index (χ1v) is 6.84. The lowest BCUT2D eigenvalue weighted by Crippen LogP contribution is -2.31. The van der Waals surface area contributed by atoms with Crippen molar-refractivity contribution in [1.82, 2.24) is 4.90 Å². The van der Waals surface area contributed by atoms with Gasteiger partial charge in [0.05, 0.1) is 0 Å². The molecule has 19 heavy (non-hydrogen) atoms. The number of benzene rings is 2. The largest absolute Gasteiger partial charge is 0.480 e. The molecule has 0 atom stereocenters. The van der Waals surface area contributed by atoms with Crippen molar-refractivity contribution in [3.63, 3.8) is 0 Å². The van der Waals surface area contributed by atoms with Gasteiger partial charge in [-0.3, -0.25) is 4.79 Å². The summed E-state index contributed by atoms with van der Waals surface area (Å²) in [5, 5.41) is 11.0. The summed E-state index contributed by atoms with van der Waals surface area (Å²) >= 11 is 8.73. The molecule has 2 aromatic rings. The molecule has 2 aromatic carbocycles. The van der Waals surface area contributed by atoms with Crippen LogP contribution in [0.1, 0.15) is 5.56 Å². The summed E-state index contributed by atoms with van der Waals surface area (Å²) in [5.41, 5.74) is 0.855. The topological polar surface area (TPSA) is 40.5 Å². The number of hydrogen-bond acceptors (Lipinski definition) is 2. The van der Waals surface area contributed by atoms with Crippen LogP contribution < -0.4 is 0 Å². The highest BCUT2D eigenvalue weighted by Gasteiger charge is 2.10. The number of aliphatic carboxylic acids is 1. The quantitative estimate of drug-likeness (QED) is 0.872. The molecule has 5 heteroatoms. The number of likely N-dealkylation sites (N-methyl/N-ethyl adjacent to an activating group) is 1. The Morgan fingerprint density at radius 3 is 2.58 bits per heavy atom. The fourth-order valence-electron chi connectivity index (χ4n) is 1.84. The van der Waals surface area contributed by atoms with Crippen LogP contribution in [0.15, 0.2) is 40.9 Å². The number of rotatable bonds is 3. The highest BCUT2D eigenvalue weighted by molar-refractivity contribution is 9.10. The van der Waals surface area contributed by atoms with Crippen molar-refractivity contribution in [2.24, 2.45) is 0 Å². The number of carbonyl (C=O) groups is 1. The first-order chi connectivity index (χ1) is 8.97. The number of carboxylic acids is 1. The Kier molecular flexibility index (Phi) is 4.17. The second-order valence-corrected chi connectivity index (χ2v) is 5.56. The summed E-state index contributed by atoms with van der Waals surface area (Å²) in [4.78, 5) is 12.8. The van der Waals surface area contributed by atoms with Crippen LogP contribution in [0, 0.1) is 0 Å². The third-order valence-electron chi connectivity index (χ3n) is 2.77. The third-order valence-corrected chi connectivity index (χ3v) is 3.81. The Bertz CT molecular complexity index is 657. The molecule has 0 radical (unpaired) electrons. The van der Waals surface area contributed by atoms with Gasteiger partial charge >= 0.3 is 5.97 Å². The van der Waals surface area contributed by atoms with Gasteiger partial charge in [0.25, 0.3) is 0 Å². The van der Waals surface area contributed by atoms with Gasteiger partial charge in [-0.05, 0) is 29.0 Å². The van der Waals surface area contributed by atoms with Crippen molar-refractivity contribution >= 4 is 49.9 Å². The average Bonchev–Trinajstić information content (AvgIpc) is 2.36. The molecule has 0 bridgehead atoms. The Labute approximate surface area is 125 Å². The van der Waals surface area contributed by atoms with Gasteiger partial charge in [0, 0.05) is 17.1 Å². The average molecular weight is 338 g/mol. The molecule has 1 N–H and O–H groups in total. The molecule has 0 heterocycles. The minimum absolute atomic E-state index is 0.1000. The number of hydrogen-bond donors (Lipinski definition) is 1. The molecule has 2 rings (SSSR count). The summed E-state index contributed by atoms with van der Waals surface area (Å²) in [6.07, 6.45) is 0. The number of fused-ring (bicyclic) bond motifs is 1. The van der Waals surface area contributed by atoms with Gasteiger partial charge < -0.3 is 10.0 Å². The zero-order chi connectivity index (χ0) is 14.0. The van der Waals surface area contributed by atoms with Crippen LogP contribution in [0.4, 0.5) is 0 Å². The van der Waals surface area contributed by atoms with Crippen LogP contribution >= 0.6 is 28.1 Å². The molecule has 98 valence electrons. The Balaban J connectivity index is 2.33. The van der Waals surface area contributed by atoms with Crippen LogP contribution in [0.3, 0.4) is 0 Å². The van der Waals surface area contributed by atoms with E-state index in [-0.39, 0.29) is 6.54 Å². The summed E-state index contributed by atoms with van der Waals surface area (Å²) in [7, 11) is 1.68. The van der Waals surface area contributed by atoms with Crippen LogP contribution in [0.5, 0.6) is 0 Å². The zero-order valence-corrected chi connectivity index (χ0v) is 12.7. The van der Waals surface area contributed by atoms with Crippen molar-refractivity contribution in [1.29, 1.82) is 0 Å². The smallest absolute Gasteiger partial charge is 0.323 e. The molecule has 0 saturated carbocycles. The van der Waals surface area contributed by atoms with Gasteiger partial charge in [-0.2, -0.15) is 0 Å². The zero-order valence-electron chi connectivity index (χ0n) is 10.3. The van der Waals surface area contributed by atoms with Gasteiger partial charge in [-0.15, -0.1) is 0 Å². The normalized spacial score (nSPS) is 10.4. The number of halogens is 1. The predicted molar refractivity (Wildman–Crippen MR) is 83.6 cm³/mol. The summed E-state index contributed by atoms with van der Waals surface area (Å²) in [5.74, 6) is -0.894. The minimum Gasteiger partial charge on any atom is -0.480 e. The van der Waals surface area contributed by atoms with E-state index >= 15 is 0 Å². The van der Waals surface area contributed by atoms with Gasteiger partial charge in [0.1, 0.15) is 11.5 Å². The van der Waals surface area contributed by atoms with E-state index in [9.17, 15) is 4.79 Å². The Morgan fingerprint density at radius 1 is 1.26 bits per heavy atom. The standard InChI is InChI=1S/C14H12BrNO2S/c1-16(8-13(17)18)14(19)11-3-2-10-7-12(15)5-4-9(10)6-11/h2-7H,8H2,1H3,(H,17,18). The first kappa shape index (κ1) is 14.0. The fraction of sp³-hybridized carbons (Fsp3) is 0.143. The second kappa shape index (κ2) is 5.67. The minimum atomic E-state index is -0.894. The van der Waals surface area contributed by atoms with E-state index in [2.05, 4.69) is 15.9 Å². The molecule has 0 saturated heterocycles. The van der Waals surface area contributed by atoms with E-state index in [0.29, 0.717) is 4.99 Å². The van der Waals surface area contributed by atoms with Crippen molar-refractivity contribution in [2.45, 2.75) is 0 Å². The van der Waals surface area contributed by atoms with Crippen LogP contribution in [0.2, 0.25) is 0 Å². The Hall–Kier alpha value is -1.46. The maximum absolute atomic E-state index is 10.7. The molecule has 0 spiro atoms. The predicted octanol–water partition coefficient (Wildman–Crippen LogP) is 3.29. The van der Waals surface area contributed by atoms with Crippen LogP contribution in [-0.4, -0.2) is 34.6 Å². The van der Waals surface area contributed by atoms with Crippen molar-refractivity contribution in [2.75, 3.05) is 13.6 Å². The molecule has 0 aliphatic heterocycles. The molecular formula is C14H12BrNO2S. The van der Waals surface area contributed by atoms with E-state index in [0.717, 1.165) is 20.8 Å². The van der Waals surface area contributed by atoms with Crippen molar-refractivity contribution in [3.05, 3.63) is 46.4 Å². The molecule has 0 aromatic heterocycles.